The van der Waals surface area contributed by atoms with Crippen LogP contribution < -0.4 is 5.32 Å². The second-order valence-electron chi connectivity index (χ2n) is 9.25. The van der Waals surface area contributed by atoms with Crippen LogP contribution >= 0.6 is 0 Å². The molecule has 0 aromatic heterocycles. The maximum Gasteiger partial charge on any atom is 0.410 e. The Balaban J connectivity index is 1.50. The van der Waals surface area contributed by atoms with Gasteiger partial charge in [0.05, 0.1) is 12.6 Å². The van der Waals surface area contributed by atoms with E-state index in [1.807, 2.05) is 25.7 Å². The number of carbonyl (C=O) groups is 1. The van der Waals surface area contributed by atoms with Crippen molar-refractivity contribution in [3.63, 3.8) is 0 Å². The molecule has 3 heterocycles. The molecule has 0 bridgehead atoms. The zero-order valence-corrected chi connectivity index (χ0v) is 16.3. The van der Waals surface area contributed by atoms with Gasteiger partial charge in [-0.3, -0.25) is 4.90 Å². The predicted molar refractivity (Wildman–Crippen MR) is 96.5 cm³/mol. The number of hydrogen-bond acceptors (Lipinski definition) is 4. The highest BCUT2D eigenvalue weighted by Gasteiger charge is 2.47. The minimum atomic E-state index is -2.64. The van der Waals surface area contributed by atoms with E-state index in [0.717, 1.165) is 38.8 Å². The molecule has 26 heavy (non-hydrogen) atoms. The van der Waals surface area contributed by atoms with Crippen molar-refractivity contribution in [1.29, 1.82) is 0 Å². The first-order chi connectivity index (χ1) is 12.1. The van der Waals surface area contributed by atoms with Crippen LogP contribution in [-0.2, 0) is 4.74 Å². The summed E-state index contributed by atoms with van der Waals surface area (Å²) in [6.45, 7) is 9.00. The third kappa shape index (κ3) is 4.47. The second-order valence-corrected chi connectivity index (χ2v) is 9.25. The van der Waals surface area contributed by atoms with Crippen molar-refractivity contribution in [2.24, 2.45) is 5.41 Å². The molecule has 1 N–H and O–H groups in total. The lowest BCUT2D eigenvalue weighted by Gasteiger charge is -2.50. The van der Waals surface area contributed by atoms with Crippen LogP contribution in [0.2, 0.25) is 0 Å². The monoisotopic (exact) mass is 373 g/mol. The normalized spacial score (nSPS) is 29.6. The fourth-order valence-electron chi connectivity index (χ4n) is 4.57. The summed E-state index contributed by atoms with van der Waals surface area (Å²) in [5.74, 6) is -2.64. The Morgan fingerprint density at radius 1 is 1.08 bits per heavy atom. The van der Waals surface area contributed by atoms with E-state index in [1.54, 1.807) is 4.90 Å². The molecule has 150 valence electrons. The summed E-state index contributed by atoms with van der Waals surface area (Å²) >= 11 is 0. The average molecular weight is 373 g/mol. The summed E-state index contributed by atoms with van der Waals surface area (Å²) in [5.41, 5.74) is -0.269. The zero-order valence-electron chi connectivity index (χ0n) is 16.3. The van der Waals surface area contributed by atoms with E-state index in [-0.39, 0.29) is 18.1 Å². The van der Waals surface area contributed by atoms with E-state index in [2.05, 4.69) is 5.32 Å². The molecular formula is C19H33F2N3O2. The van der Waals surface area contributed by atoms with Crippen LogP contribution in [0.4, 0.5) is 13.6 Å². The van der Waals surface area contributed by atoms with Crippen molar-refractivity contribution < 1.29 is 18.3 Å². The highest BCUT2D eigenvalue weighted by Crippen LogP contribution is 2.43. The van der Waals surface area contributed by atoms with Gasteiger partial charge in [0.15, 0.2) is 0 Å². The lowest BCUT2D eigenvalue weighted by Crippen LogP contribution is -2.60. The van der Waals surface area contributed by atoms with Crippen molar-refractivity contribution in [2.45, 2.75) is 70.4 Å². The van der Waals surface area contributed by atoms with Gasteiger partial charge in [-0.1, -0.05) is 0 Å². The first-order valence-electron chi connectivity index (χ1n) is 9.91. The molecule has 3 aliphatic heterocycles. The largest absolute Gasteiger partial charge is 0.444 e. The van der Waals surface area contributed by atoms with Crippen molar-refractivity contribution in [3.8, 4) is 0 Å². The lowest BCUT2D eigenvalue weighted by atomic mass is 9.71. The van der Waals surface area contributed by atoms with E-state index < -0.39 is 17.6 Å². The SMILES string of the molecule is CC(C)(C)OC(=O)N1CCC2(CC1)CCN([C@H]1CCNCC1(F)F)CC2. The molecule has 0 aromatic carbocycles. The number of amides is 1. The van der Waals surface area contributed by atoms with E-state index >= 15 is 0 Å². The van der Waals surface area contributed by atoms with Crippen LogP contribution in [0.15, 0.2) is 0 Å². The zero-order chi connectivity index (χ0) is 19.0. The summed E-state index contributed by atoms with van der Waals surface area (Å²) in [6.07, 6.45) is 4.08. The molecule has 1 amide bonds. The van der Waals surface area contributed by atoms with Gasteiger partial charge in [-0.05, 0) is 77.9 Å². The van der Waals surface area contributed by atoms with Crippen LogP contribution in [0, 0.1) is 5.41 Å². The Morgan fingerprint density at radius 3 is 2.19 bits per heavy atom. The molecule has 7 heteroatoms. The maximum atomic E-state index is 14.2. The summed E-state index contributed by atoms with van der Waals surface area (Å²) in [5, 5.41) is 2.81. The van der Waals surface area contributed by atoms with Crippen LogP contribution in [0.1, 0.15) is 52.9 Å². The molecular weight excluding hydrogens is 340 g/mol. The Kier molecular flexibility index (Phi) is 5.50. The number of alkyl halides is 2. The molecule has 1 atom stereocenters. The summed E-state index contributed by atoms with van der Waals surface area (Å²) in [6, 6.07) is -0.622. The molecule has 3 fully saturated rings. The number of ether oxygens (including phenoxy) is 1. The standard InChI is InChI=1S/C19H33F2N3O2/c1-17(2,3)26-16(25)24-12-7-18(8-13-24)5-10-23(11-6-18)15-4-9-22-14-19(15,20)21/h15,22H,4-14H2,1-3H3/t15-/m0/s1. The summed E-state index contributed by atoms with van der Waals surface area (Å²) in [7, 11) is 0. The van der Waals surface area contributed by atoms with Crippen molar-refractivity contribution in [1.82, 2.24) is 15.1 Å². The third-order valence-corrected chi connectivity index (χ3v) is 6.22. The number of likely N-dealkylation sites (tertiary alicyclic amines) is 2. The molecule has 0 radical (unpaired) electrons. The minimum Gasteiger partial charge on any atom is -0.444 e. The Bertz CT molecular complexity index is 503. The quantitative estimate of drug-likeness (QED) is 0.767. The molecule has 5 nitrogen and oxygen atoms in total. The van der Waals surface area contributed by atoms with Gasteiger partial charge in [0.25, 0.3) is 5.92 Å². The van der Waals surface area contributed by atoms with Gasteiger partial charge in [0, 0.05) is 13.1 Å². The second kappa shape index (κ2) is 7.23. The fraction of sp³-hybridized carbons (Fsp3) is 0.947. The fourth-order valence-corrected chi connectivity index (χ4v) is 4.57. The maximum absolute atomic E-state index is 14.2. The molecule has 3 saturated heterocycles. The third-order valence-electron chi connectivity index (χ3n) is 6.22. The van der Waals surface area contributed by atoms with E-state index in [4.69, 9.17) is 4.74 Å². The van der Waals surface area contributed by atoms with Gasteiger partial charge in [0.2, 0.25) is 0 Å². The minimum absolute atomic E-state index is 0.204. The van der Waals surface area contributed by atoms with Crippen LogP contribution in [0.25, 0.3) is 0 Å². The van der Waals surface area contributed by atoms with Crippen molar-refractivity contribution in [3.05, 3.63) is 0 Å². The van der Waals surface area contributed by atoms with E-state index in [1.165, 1.54) is 0 Å². The van der Waals surface area contributed by atoms with Gasteiger partial charge >= 0.3 is 6.09 Å². The summed E-state index contributed by atoms with van der Waals surface area (Å²) < 4.78 is 33.9. The predicted octanol–water partition coefficient (Wildman–Crippen LogP) is 3.10. The molecule has 0 aromatic rings. The Morgan fingerprint density at radius 2 is 1.65 bits per heavy atom. The summed E-state index contributed by atoms with van der Waals surface area (Å²) in [4.78, 5) is 16.0. The Hall–Kier alpha value is -0.950. The van der Waals surface area contributed by atoms with Crippen LogP contribution in [0.5, 0.6) is 0 Å². The number of rotatable bonds is 1. The molecule has 3 rings (SSSR count). The van der Waals surface area contributed by atoms with Crippen molar-refractivity contribution >= 4 is 6.09 Å². The number of halogens is 2. The highest BCUT2D eigenvalue weighted by molar-refractivity contribution is 5.68. The number of nitrogens with zero attached hydrogens (tertiary/aromatic N) is 2. The van der Waals surface area contributed by atoms with Gasteiger partial charge in [-0.25, -0.2) is 13.6 Å². The van der Waals surface area contributed by atoms with E-state index in [9.17, 15) is 13.6 Å². The Labute approximate surface area is 155 Å². The first kappa shape index (κ1) is 19.8. The number of nitrogens with one attached hydrogen (secondary N) is 1. The van der Waals surface area contributed by atoms with Gasteiger partial charge < -0.3 is 15.0 Å². The number of piperidine rings is 3. The van der Waals surface area contributed by atoms with Gasteiger partial charge in [0.1, 0.15) is 5.60 Å². The first-order valence-corrected chi connectivity index (χ1v) is 9.91. The molecule has 0 unspecified atom stereocenters. The van der Waals surface area contributed by atoms with Gasteiger partial charge in [-0.15, -0.1) is 0 Å². The highest BCUT2D eigenvalue weighted by atomic mass is 19.3. The molecule has 0 aliphatic carbocycles. The molecule has 0 saturated carbocycles. The molecule has 1 spiro atoms. The number of carbonyl (C=O) groups excluding carboxylic acids is 1. The number of hydrogen-bond donors (Lipinski definition) is 1. The smallest absolute Gasteiger partial charge is 0.410 e. The van der Waals surface area contributed by atoms with Gasteiger partial charge in [-0.2, -0.15) is 0 Å². The van der Waals surface area contributed by atoms with Crippen LogP contribution in [0.3, 0.4) is 0 Å². The topological polar surface area (TPSA) is 44.8 Å². The van der Waals surface area contributed by atoms with Crippen molar-refractivity contribution in [2.75, 3.05) is 39.3 Å². The van der Waals surface area contributed by atoms with E-state index in [0.29, 0.717) is 26.1 Å². The van der Waals surface area contributed by atoms with Crippen LogP contribution in [-0.4, -0.2) is 72.7 Å². The average Bonchev–Trinajstić information content (AvgIpc) is 2.55. The molecule has 3 aliphatic rings. The lowest BCUT2D eigenvalue weighted by molar-refractivity contribution is -0.110.